The second-order valence-corrected chi connectivity index (χ2v) is 13.7. The molecule has 0 spiro atoms. The number of ether oxygens (including phenoxy) is 1. The minimum atomic E-state index is -1.89. The van der Waals surface area contributed by atoms with Crippen molar-refractivity contribution in [1.82, 2.24) is 4.90 Å². The van der Waals surface area contributed by atoms with Gasteiger partial charge in [-0.2, -0.15) is 0 Å². The zero-order valence-corrected chi connectivity index (χ0v) is 17.2. The molecule has 1 heterocycles. The Balaban J connectivity index is 2.91. The van der Waals surface area contributed by atoms with Crippen molar-refractivity contribution in [3.8, 4) is 0 Å². The van der Waals surface area contributed by atoms with Gasteiger partial charge < -0.3 is 9.16 Å². The van der Waals surface area contributed by atoms with Crippen LogP contribution in [0.5, 0.6) is 0 Å². The number of carbonyl (C=O) groups excluding carboxylic acids is 1. The van der Waals surface area contributed by atoms with Gasteiger partial charge in [0.1, 0.15) is 5.60 Å². The van der Waals surface area contributed by atoms with E-state index in [0.717, 1.165) is 12.8 Å². The predicted octanol–water partition coefficient (Wildman–Crippen LogP) is 4.96. The van der Waals surface area contributed by atoms with Gasteiger partial charge in [0.2, 0.25) is 0 Å². The van der Waals surface area contributed by atoms with Crippen molar-refractivity contribution >= 4 is 14.4 Å². The van der Waals surface area contributed by atoms with Crippen LogP contribution < -0.4 is 0 Å². The van der Waals surface area contributed by atoms with E-state index in [4.69, 9.17) is 9.16 Å². The number of amides is 1. The van der Waals surface area contributed by atoms with Crippen LogP contribution in [0.3, 0.4) is 0 Å². The summed E-state index contributed by atoms with van der Waals surface area (Å²) in [5.41, 5.74) is -0.490. The molecule has 0 unspecified atom stereocenters. The molecule has 2 atom stereocenters. The van der Waals surface area contributed by atoms with Gasteiger partial charge in [-0.25, -0.2) is 4.79 Å². The largest absolute Gasteiger partial charge is 0.444 e. The molecule has 4 nitrogen and oxygen atoms in total. The van der Waals surface area contributed by atoms with Crippen molar-refractivity contribution in [2.45, 2.75) is 90.3 Å². The highest BCUT2D eigenvalue weighted by molar-refractivity contribution is 6.74. The van der Waals surface area contributed by atoms with Gasteiger partial charge in [-0.1, -0.05) is 26.8 Å². The minimum absolute atomic E-state index is 0.00894. The van der Waals surface area contributed by atoms with E-state index in [9.17, 15) is 4.79 Å². The van der Waals surface area contributed by atoms with Gasteiger partial charge in [-0.05, 0) is 51.7 Å². The highest BCUT2D eigenvalue weighted by Gasteiger charge is 2.43. The Bertz CT molecular complexity index is 435. The van der Waals surface area contributed by atoms with Crippen LogP contribution in [-0.2, 0) is 9.16 Å². The highest BCUT2D eigenvalue weighted by Crippen LogP contribution is 2.39. The zero-order valence-electron chi connectivity index (χ0n) is 16.2. The Morgan fingerprint density at radius 2 is 1.78 bits per heavy atom. The topological polar surface area (TPSA) is 38.8 Å². The summed E-state index contributed by atoms with van der Waals surface area (Å²) < 4.78 is 12.1. The number of hydrogen-bond donors (Lipinski definition) is 0. The summed E-state index contributed by atoms with van der Waals surface area (Å²) in [6.07, 6.45) is 3.47. The summed E-state index contributed by atoms with van der Waals surface area (Å²) in [5.74, 6) is 0. The first-order valence-corrected chi connectivity index (χ1v) is 11.5. The normalized spacial score (nSPS) is 23.6. The SMILES string of the molecule is C=C[C@H]1[C@H](O[Si](C)(C)C(C)(C)C)CCCN1C(=O)OC(C)(C)C. The van der Waals surface area contributed by atoms with E-state index in [0.29, 0.717) is 6.54 Å². The summed E-state index contributed by atoms with van der Waals surface area (Å²) in [6.45, 7) is 21.5. The number of rotatable bonds is 3. The summed E-state index contributed by atoms with van der Waals surface area (Å²) in [5, 5.41) is 0.146. The van der Waals surface area contributed by atoms with E-state index in [1.54, 1.807) is 4.90 Å². The van der Waals surface area contributed by atoms with Crippen molar-refractivity contribution in [1.29, 1.82) is 0 Å². The number of nitrogens with zero attached hydrogens (tertiary/aromatic N) is 1. The third-order valence-electron chi connectivity index (χ3n) is 4.75. The number of hydrogen-bond acceptors (Lipinski definition) is 3. The van der Waals surface area contributed by atoms with Crippen molar-refractivity contribution < 1.29 is 14.0 Å². The van der Waals surface area contributed by atoms with E-state index in [1.165, 1.54) is 0 Å². The Labute approximate surface area is 143 Å². The number of piperidine rings is 1. The molecule has 23 heavy (non-hydrogen) atoms. The molecule has 0 aromatic heterocycles. The minimum Gasteiger partial charge on any atom is -0.444 e. The van der Waals surface area contributed by atoms with Crippen molar-refractivity contribution in [2.75, 3.05) is 6.54 Å². The molecular formula is C18H35NO3Si. The lowest BCUT2D eigenvalue weighted by atomic mass is 9.99. The fourth-order valence-electron chi connectivity index (χ4n) is 2.48. The zero-order chi connectivity index (χ0) is 18.1. The molecule has 0 bridgehead atoms. The second-order valence-electron chi connectivity index (χ2n) is 8.96. The summed E-state index contributed by atoms with van der Waals surface area (Å²) >= 11 is 0. The molecule has 0 saturated carbocycles. The van der Waals surface area contributed by atoms with E-state index >= 15 is 0 Å². The van der Waals surface area contributed by atoms with E-state index in [-0.39, 0.29) is 23.3 Å². The average Bonchev–Trinajstić information content (AvgIpc) is 2.34. The van der Waals surface area contributed by atoms with Crippen LogP contribution in [0.4, 0.5) is 4.79 Å². The lowest BCUT2D eigenvalue weighted by Crippen LogP contribution is -2.56. The molecule has 134 valence electrons. The first-order valence-electron chi connectivity index (χ1n) is 8.58. The molecule has 0 N–H and O–H groups in total. The van der Waals surface area contributed by atoms with Gasteiger partial charge in [0.25, 0.3) is 0 Å². The van der Waals surface area contributed by atoms with E-state index < -0.39 is 13.9 Å². The van der Waals surface area contributed by atoms with Crippen LogP contribution in [0.2, 0.25) is 18.1 Å². The predicted molar refractivity (Wildman–Crippen MR) is 98.2 cm³/mol. The van der Waals surface area contributed by atoms with Crippen molar-refractivity contribution in [2.24, 2.45) is 0 Å². The molecule has 5 heteroatoms. The maximum Gasteiger partial charge on any atom is 0.410 e. The third-order valence-corrected chi connectivity index (χ3v) is 9.25. The number of likely N-dealkylation sites (tertiary alicyclic amines) is 1. The van der Waals surface area contributed by atoms with Gasteiger partial charge in [-0.3, -0.25) is 4.90 Å². The third kappa shape index (κ3) is 5.35. The molecule has 1 fully saturated rings. The monoisotopic (exact) mass is 341 g/mol. The summed E-state index contributed by atoms with van der Waals surface area (Å²) in [6, 6.07) is -0.118. The van der Waals surface area contributed by atoms with Crippen LogP contribution in [0.25, 0.3) is 0 Å². The van der Waals surface area contributed by atoms with Crippen LogP contribution in [0.15, 0.2) is 12.7 Å². The average molecular weight is 342 g/mol. The second kappa shape index (κ2) is 6.97. The molecule has 1 amide bonds. The van der Waals surface area contributed by atoms with Crippen LogP contribution >= 0.6 is 0 Å². The fraction of sp³-hybridized carbons (Fsp3) is 0.833. The van der Waals surface area contributed by atoms with E-state index in [2.05, 4.69) is 40.4 Å². The molecule has 0 aromatic rings. The Morgan fingerprint density at radius 1 is 1.22 bits per heavy atom. The molecule has 1 rings (SSSR count). The molecule has 0 aromatic carbocycles. The molecule has 1 aliphatic heterocycles. The molecular weight excluding hydrogens is 306 g/mol. The van der Waals surface area contributed by atoms with Gasteiger partial charge in [0, 0.05) is 6.54 Å². The lowest BCUT2D eigenvalue weighted by molar-refractivity contribution is -0.00843. The first kappa shape index (κ1) is 20.2. The quantitative estimate of drug-likeness (QED) is 0.538. The van der Waals surface area contributed by atoms with E-state index in [1.807, 2.05) is 26.8 Å². The molecule has 1 aliphatic rings. The Morgan fingerprint density at radius 3 is 2.22 bits per heavy atom. The maximum atomic E-state index is 12.5. The van der Waals surface area contributed by atoms with Crippen LogP contribution in [-0.4, -0.2) is 43.6 Å². The smallest absolute Gasteiger partial charge is 0.410 e. The highest BCUT2D eigenvalue weighted by atomic mass is 28.4. The number of carbonyl (C=O) groups is 1. The summed E-state index contributed by atoms with van der Waals surface area (Å²) in [7, 11) is -1.89. The molecule has 1 saturated heterocycles. The van der Waals surface area contributed by atoms with Gasteiger partial charge >= 0.3 is 6.09 Å². The van der Waals surface area contributed by atoms with Crippen molar-refractivity contribution in [3.05, 3.63) is 12.7 Å². The van der Waals surface area contributed by atoms with Crippen LogP contribution in [0, 0.1) is 0 Å². The standard InChI is InChI=1S/C18H35NO3Si/c1-10-14-15(22-23(8,9)18(5,6)7)12-11-13-19(14)16(20)21-17(2,3)4/h10,14-15H,1,11-13H2,2-9H3/t14-,15+/m0/s1. The Kier molecular flexibility index (Phi) is 6.13. The van der Waals surface area contributed by atoms with Gasteiger partial charge in [0.05, 0.1) is 12.1 Å². The molecule has 0 radical (unpaired) electrons. The maximum absolute atomic E-state index is 12.5. The Hall–Kier alpha value is -0.813. The van der Waals surface area contributed by atoms with Gasteiger partial charge in [-0.15, -0.1) is 6.58 Å². The fourth-order valence-corrected chi connectivity index (χ4v) is 3.85. The lowest BCUT2D eigenvalue weighted by Gasteiger charge is -2.45. The first-order chi connectivity index (χ1) is 10.3. The van der Waals surface area contributed by atoms with Crippen LogP contribution in [0.1, 0.15) is 54.4 Å². The van der Waals surface area contributed by atoms with Gasteiger partial charge in [0.15, 0.2) is 8.32 Å². The summed E-state index contributed by atoms with van der Waals surface area (Å²) in [4.78, 5) is 14.3. The molecule has 0 aliphatic carbocycles. The van der Waals surface area contributed by atoms with Crippen molar-refractivity contribution in [3.63, 3.8) is 0 Å².